The van der Waals surface area contributed by atoms with Crippen LogP contribution in [0.1, 0.15) is 45.9 Å². The van der Waals surface area contributed by atoms with Gasteiger partial charge in [0, 0.05) is 40.2 Å². The Bertz CT molecular complexity index is 735. The predicted molar refractivity (Wildman–Crippen MR) is 81.5 cm³/mol. The van der Waals surface area contributed by atoms with Gasteiger partial charge in [0.1, 0.15) is 0 Å². The second-order valence-corrected chi connectivity index (χ2v) is 5.28. The highest BCUT2D eigenvalue weighted by atomic mass is 16.1. The Morgan fingerprint density at radius 1 is 1.19 bits per heavy atom. The van der Waals surface area contributed by atoms with Gasteiger partial charge < -0.3 is 11.5 Å². The van der Waals surface area contributed by atoms with Crippen LogP contribution < -0.4 is 11.5 Å². The first kappa shape index (κ1) is 13.3. The number of carbonyl (C=O) groups excluding carboxylic acids is 1. The van der Waals surface area contributed by atoms with E-state index in [1.165, 1.54) is 0 Å². The molecule has 0 radical (unpaired) electrons. The minimum absolute atomic E-state index is 0.278. The van der Waals surface area contributed by atoms with Crippen LogP contribution in [-0.2, 0) is 0 Å². The van der Waals surface area contributed by atoms with Gasteiger partial charge in [0.05, 0.1) is 5.71 Å². The minimum Gasteiger partial charge on any atom is -0.398 e. The highest BCUT2D eigenvalue weighted by molar-refractivity contribution is 6.14. The Morgan fingerprint density at radius 3 is 2.62 bits per heavy atom. The molecule has 0 unspecified atom stereocenters. The zero-order valence-corrected chi connectivity index (χ0v) is 11.5. The maximum Gasteiger partial charge on any atom is 0.248 e. The van der Waals surface area contributed by atoms with Gasteiger partial charge in [0.2, 0.25) is 5.91 Å². The molecule has 0 saturated heterocycles. The lowest BCUT2D eigenvalue weighted by Crippen LogP contribution is -2.13. The number of rotatable bonds is 4. The third-order valence-corrected chi connectivity index (χ3v) is 3.67. The molecular weight excluding hydrogens is 264 g/mol. The van der Waals surface area contributed by atoms with Gasteiger partial charge >= 0.3 is 0 Å². The van der Waals surface area contributed by atoms with Crippen molar-refractivity contribution in [1.29, 1.82) is 5.41 Å². The summed E-state index contributed by atoms with van der Waals surface area (Å²) in [5.74, 6) is -0.00972. The van der Waals surface area contributed by atoms with Gasteiger partial charge in [-0.05, 0) is 43.2 Å². The molecule has 1 aliphatic carbocycles. The van der Waals surface area contributed by atoms with E-state index < -0.39 is 5.91 Å². The molecule has 1 aliphatic rings. The maximum absolute atomic E-state index is 11.3. The van der Waals surface area contributed by atoms with E-state index >= 15 is 0 Å². The number of carbonyl (C=O) groups is 1. The highest BCUT2D eigenvalue weighted by Gasteiger charge is 2.25. The van der Waals surface area contributed by atoms with Crippen LogP contribution in [0, 0.1) is 5.41 Å². The molecule has 0 bridgehead atoms. The van der Waals surface area contributed by atoms with Gasteiger partial charge in [0.15, 0.2) is 0 Å². The second-order valence-electron chi connectivity index (χ2n) is 5.28. The Labute approximate surface area is 122 Å². The van der Waals surface area contributed by atoms with E-state index in [-0.39, 0.29) is 5.71 Å². The van der Waals surface area contributed by atoms with E-state index in [0.29, 0.717) is 22.7 Å². The van der Waals surface area contributed by atoms with Crippen LogP contribution in [-0.4, -0.2) is 16.6 Å². The first-order chi connectivity index (χ1) is 10.1. The highest BCUT2D eigenvalue weighted by Crippen LogP contribution is 2.39. The van der Waals surface area contributed by atoms with Crippen LogP contribution in [0.15, 0.2) is 36.5 Å². The SMILES string of the molecule is N=C(c1ccnc(C2CC2)c1)c1cc(C(N)=O)ccc1N. The molecular formula is C16H16N4O. The molecule has 2 aromatic rings. The van der Waals surface area contributed by atoms with Crippen LogP contribution in [0.3, 0.4) is 0 Å². The Hall–Kier alpha value is -2.69. The third-order valence-electron chi connectivity index (χ3n) is 3.67. The van der Waals surface area contributed by atoms with Crippen molar-refractivity contribution in [2.45, 2.75) is 18.8 Å². The average Bonchev–Trinajstić information content (AvgIpc) is 3.31. The molecule has 1 heterocycles. The molecule has 21 heavy (non-hydrogen) atoms. The molecule has 1 aromatic heterocycles. The molecule has 1 fully saturated rings. The van der Waals surface area contributed by atoms with E-state index in [2.05, 4.69) is 4.98 Å². The summed E-state index contributed by atoms with van der Waals surface area (Å²) in [4.78, 5) is 15.6. The quantitative estimate of drug-likeness (QED) is 0.589. The van der Waals surface area contributed by atoms with Crippen LogP contribution in [0.4, 0.5) is 5.69 Å². The van der Waals surface area contributed by atoms with Crippen molar-refractivity contribution >= 4 is 17.3 Å². The lowest BCUT2D eigenvalue weighted by Gasteiger charge is -2.10. The molecule has 5 heteroatoms. The lowest BCUT2D eigenvalue weighted by atomic mass is 9.98. The van der Waals surface area contributed by atoms with E-state index in [1.807, 2.05) is 6.07 Å². The van der Waals surface area contributed by atoms with Crippen molar-refractivity contribution in [3.05, 3.63) is 58.9 Å². The van der Waals surface area contributed by atoms with Crippen molar-refractivity contribution in [3.63, 3.8) is 0 Å². The van der Waals surface area contributed by atoms with Crippen molar-refractivity contribution in [1.82, 2.24) is 4.98 Å². The topological polar surface area (TPSA) is 106 Å². The van der Waals surface area contributed by atoms with Crippen molar-refractivity contribution in [3.8, 4) is 0 Å². The number of benzene rings is 1. The van der Waals surface area contributed by atoms with Crippen LogP contribution in [0.25, 0.3) is 0 Å². The summed E-state index contributed by atoms with van der Waals surface area (Å²) in [6, 6.07) is 8.45. The molecule has 0 atom stereocenters. The van der Waals surface area contributed by atoms with E-state index in [1.54, 1.807) is 30.5 Å². The molecule has 106 valence electrons. The number of pyridine rings is 1. The monoisotopic (exact) mass is 280 g/mol. The zero-order chi connectivity index (χ0) is 15.0. The molecule has 5 N–H and O–H groups in total. The summed E-state index contributed by atoms with van der Waals surface area (Å²) in [6.07, 6.45) is 4.03. The summed E-state index contributed by atoms with van der Waals surface area (Å²) < 4.78 is 0. The lowest BCUT2D eigenvalue weighted by molar-refractivity contribution is 0.100. The summed E-state index contributed by atoms with van der Waals surface area (Å²) in [5, 5.41) is 8.35. The smallest absolute Gasteiger partial charge is 0.248 e. The van der Waals surface area contributed by atoms with Gasteiger partial charge in [-0.3, -0.25) is 15.2 Å². The van der Waals surface area contributed by atoms with Crippen LogP contribution in [0.5, 0.6) is 0 Å². The fourth-order valence-corrected chi connectivity index (χ4v) is 2.29. The largest absolute Gasteiger partial charge is 0.398 e. The fourth-order valence-electron chi connectivity index (χ4n) is 2.29. The number of hydrogen-bond acceptors (Lipinski definition) is 4. The molecule has 0 aliphatic heterocycles. The Morgan fingerprint density at radius 2 is 1.95 bits per heavy atom. The first-order valence-corrected chi connectivity index (χ1v) is 6.81. The third kappa shape index (κ3) is 2.63. The molecule has 0 spiro atoms. The van der Waals surface area contributed by atoms with E-state index in [4.69, 9.17) is 16.9 Å². The number of aromatic nitrogens is 1. The zero-order valence-electron chi connectivity index (χ0n) is 11.5. The predicted octanol–water partition coefficient (Wildman–Crippen LogP) is 2.06. The number of anilines is 1. The number of primary amides is 1. The molecule has 1 amide bonds. The van der Waals surface area contributed by atoms with Crippen LogP contribution >= 0.6 is 0 Å². The van der Waals surface area contributed by atoms with Gasteiger partial charge in [-0.2, -0.15) is 0 Å². The normalized spacial score (nSPS) is 13.9. The van der Waals surface area contributed by atoms with Crippen molar-refractivity contribution in [2.24, 2.45) is 5.73 Å². The van der Waals surface area contributed by atoms with E-state index in [0.717, 1.165) is 24.1 Å². The second kappa shape index (κ2) is 5.01. The number of nitrogens with two attached hydrogens (primary N) is 2. The molecule has 1 saturated carbocycles. The first-order valence-electron chi connectivity index (χ1n) is 6.81. The standard InChI is InChI=1S/C16H16N4O/c17-13-4-3-11(16(19)21)7-12(13)15(18)10-5-6-20-14(8-10)9-1-2-9/h3-9,18H,1-2,17H2,(H2,19,21). The summed E-state index contributed by atoms with van der Waals surface area (Å²) in [6.45, 7) is 0. The summed E-state index contributed by atoms with van der Waals surface area (Å²) >= 11 is 0. The molecule has 3 rings (SSSR count). The molecule has 1 aromatic carbocycles. The van der Waals surface area contributed by atoms with Gasteiger partial charge in [-0.1, -0.05) is 0 Å². The molecule has 5 nitrogen and oxygen atoms in total. The average molecular weight is 280 g/mol. The fraction of sp³-hybridized carbons (Fsp3) is 0.188. The number of nitrogens with zero attached hydrogens (tertiary/aromatic N) is 1. The summed E-state index contributed by atoms with van der Waals surface area (Å²) in [7, 11) is 0. The number of nitrogens with one attached hydrogen (secondary N) is 1. The van der Waals surface area contributed by atoms with Crippen LogP contribution in [0.2, 0.25) is 0 Å². The van der Waals surface area contributed by atoms with Crippen molar-refractivity contribution in [2.75, 3.05) is 5.73 Å². The minimum atomic E-state index is -0.530. The maximum atomic E-state index is 11.3. The number of hydrogen-bond donors (Lipinski definition) is 3. The Balaban J connectivity index is 1.99. The number of nitrogen functional groups attached to an aromatic ring is 1. The van der Waals surface area contributed by atoms with Crippen molar-refractivity contribution < 1.29 is 4.79 Å². The van der Waals surface area contributed by atoms with Gasteiger partial charge in [-0.25, -0.2) is 0 Å². The van der Waals surface area contributed by atoms with Gasteiger partial charge in [-0.15, -0.1) is 0 Å². The number of amides is 1. The van der Waals surface area contributed by atoms with Gasteiger partial charge in [0.25, 0.3) is 0 Å². The summed E-state index contributed by atoms with van der Waals surface area (Å²) in [5.41, 5.74) is 14.6. The Kier molecular flexibility index (Phi) is 3.17. The van der Waals surface area contributed by atoms with E-state index in [9.17, 15) is 4.79 Å².